The molecule has 0 atom stereocenters. The third kappa shape index (κ3) is 4.26. The first kappa shape index (κ1) is 14.4. The van der Waals surface area contributed by atoms with E-state index in [1.54, 1.807) is 14.2 Å². The van der Waals surface area contributed by atoms with Crippen molar-refractivity contribution in [1.82, 2.24) is 10.6 Å². The fourth-order valence-corrected chi connectivity index (χ4v) is 2.22. The number of carbonyl (C=O) groups is 1. The number of hydrogen-bond donors (Lipinski definition) is 2. The van der Waals surface area contributed by atoms with Gasteiger partial charge in [0.2, 0.25) is 5.91 Å². The van der Waals surface area contributed by atoms with E-state index in [0.29, 0.717) is 19.8 Å². The lowest BCUT2D eigenvalue weighted by Gasteiger charge is -2.35. The van der Waals surface area contributed by atoms with E-state index in [9.17, 15) is 4.79 Å². The summed E-state index contributed by atoms with van der Waals surface area (Å²) in [5.74, 6) is 0.122. The summed E-state index contributed by atoms with van der Waals surface area (Å²) in [6.07, 6.45) is 2.54. The van der Waals surface area contributed by atoms with Crippen molar-refractivity contribution in [3.8, 4) is 0 Å². The standard InChI is InChI=1S/C12H24N2O3/c1-16-9-3-6-14-11(15)12(10-17-2)4-7-13-8-5-12/h13H,3-10H2,1-2H3,(H,14,15). The molecular formula is C12H24N2O3. The second kappa shape index (κ2) is 7.63. The van der Waals surface area contributed by atoms with Crippen LogP contribution in [-0.4, -0.2) is 53.0 Å². The Kier molecular flexibility index (Phi) is 6.47. The van der Waals surface area contributed by atoms with Gasteiger partial charge in [-0.1, -0.05) is 0 Å². The highest BCUT2D eigenvalue weighted by atomic mass is 16.5. The van der Waals surface area contributed by atoms with Crippen LogP contribution in [0.4, 0.5) is 0 Å². The lowest BCUT2D eigenvalue weighted by Crippen LogP contribution is -2.50. The van der Waals surface area contributed by atoms with E-state index in [2.05, 4.69) is 10.6 Å². The lowest BCUT2D eigenvalue weighted by atomic mass is 9.78. The zero-order chi connectivity index (χ0) is 12.6. The predicted octanol–water partition coefficient (Wildman–Crippen LogP) is 0.155. The SMILES string of the molecule is COCCCNC(=O)C1(COC)CCNCC1. The molecule has 0 saturated carbocycles. The molecule has 0 radical (unpaired) electrons. The van der Waals surface area contributed by atoms with Gasteiger partial charge in [0.1, 0.15) is 0 Å². The molecule has 5 heteroatoms. The Labute approximate surface area is 103 Å². The number of hydrogen-bond acceptors (Lipinski definition) is 4. The monoisotopic (exact) mass is 244 g/mol. The third-order valence-electron chi connectivity index (χ3n) is 3.27. The Balaban J connectivity index is 2.42. The van der Waals surface area contributed by atoms with E-state index in [1.165, 1.54) is 0 Å². The lowest BCUT2D eigenvalue weighted by molar-refractivity contribution is -0.136. The minimum atomic E-state index is -0.340. The van der Waals surface area contributed by atoms with Crippen LogP contribution >= 0.6 is 0 Å². The minimum absolute atomic E-state index is 0.122. The number of ether oxygens (including phenoxy) is 2. The molecule has 2 N–H and O–H groups in total. The molecular weight excluding hydrogens is 220 g/mol. The Bertz CT molecular complexity index is 222. The highest BCUT2D eigenvalue weighted by molar-refractivity contribution is 5.82. The third-order valence-corrected chi connectivity index (χ3v) is 3.27. The van der Waals surface area contributed by atoms with Gasteiger partial charge in [-0.25, -0.2) is 0 Å². The smallest absolute Gasteiger partial charge is 0.228 e. The van der Waals surface area contributed by atoms with Crippen molar-refractivity contribution in [3.63, 3.8) is 0 Å². The van der Waals surface area contributed by atoms with Crippen molar-refractivity contribution in [2.24, 2.45) is 5.41 Å². The van der Waals surface area contributed by atoms with Crippen LogP contribution in [0.1, 0.15) is 19.3 Å². The van der Waals surface area contributed by atoms with Gasteiger partial charge in [-0.3, -0.25) is 4.79 Å². The van der Waals surface area contributed by atoms with Gasteiger partial charge in [-0.15, -0.1) is 0 Å². The maximum Gasteiger partial charge on any atom is 0.228 e. The summed E-state index contributed by atoms with van der Waals surface area (Å²) in [7, 11) is 3.32. The number of carbonyl (C=O) groups excluding carboxylic acids is 1. The van der Waals surface area contributed by atoms with E-state index in [1.807, 2.05) is 0 Å². The van der Waals surface area contributed by atoms with E-state index >= 15 is 0 Å². The summed E-state index contributed by atoms with van der Waals surface area (Å²) in [6.45, 7) is 3.62. The number of rotatable bonds is 7. The summed E-state index contributed by atoms with van der Waals surface area (Å²) in [4.78, 5) is 12.2. The van der Waals surface area contributed by atoms with E-state index in [-0.39, 0.29) is 11.3 Å². The molecule has 0 aromatic carbocycles. The first-order chi connectivity index (χ1) is 8.25. The second-order valence-corrected chi connectivity index (χ2v) is 4.57. The molecule has 1 saturated heterocycles. The highest BCUT2D eigenvalue weighted by Crippen LogP contribution is 2.29. The van der Waals surface area contributed by atoms with Gasteiger partial charge in [0.05, 0.1) is 12.0 Å². The number of nitrogens with one attached hydrogen (secondary N) is 2. The summed E-state index contributed by atoms with van der Waals surface area (Å²) < 4.78 is 10.2. The second-order valence-electron chi connectivity index (χ2n) is 4.57. The molecule has 0 bridgehead atoms. The van der Waals surface area contributed by atoms with Gasteiger partial charge in [0.15, 0.2) is 0 Å². The molecule has 0 aliphatic carbocycles. The Morgan fingerprint density at radius 3 is 2.59 bits per heavy atom. The van der Waals surface area contributed by atoms with Crippen molar-refractivity contribution in [1.29, 1.82) is 0 Å². The normalized spacial score (nSPS) is 18.9. The van der Waals surface area contributed by atoms with E-state index < -0.39 is 0 Å². The fraction of sp³-hybridized carbons (Fsp3) is 0.917. The van der Waals surface area contributed by atoms with E-state index in [4.69, 9.17) is 9.47 Å². The summed E-state index contributed by atoms with van der Waals surface area (Å²) >= 11 is 0. The van der Waals surface area contributed by atoms with Crippen LogP contribution in [0.15, 0.2) is 0 Å². The van der Waals surface area contributed by atoms with Crippen molar-refractivity contribution < 1.29 is 14.3 Å². The molecule has 17 heavy (non-hydrogen) atoms. The molecule has 1 aliphatic rings. The Morgan fingerprint density at radius 2 is 2.00 bits per heavy atom. The van der Waals surface area contributed by atoms with Gasteiger partial charge in [0, 0.05) is 27.4 Å². The van der Waals surface area contributed by atoms with Crippen LogP contribution in [-0.2, 0) is 14.3 Å². The van der Waals surface area contributed by atoms with Crippen LogP contribution in [0.25, 0.3) is 0 Å². The highest BCUT2D eigenvalue weighted by Gasteiger charge is 2.39. The van der Waals surface area contributed by atoms with Gasteiger partial charge in [0.25, 0.3) is 0 Å². The number of amides is 1. The quantitative estimate of drug-likeness (QED) is 0.626. The summed E-state index contributed by atoms with van der Waals surface area (Å²) in [6, 6.07) is 0. The van der Waals surface area contributed by atoms with Crippen LogP contribution < -0.4 is 10.6 Å². The van der Waals surface area contributed by atoms with Crippen molar-refractivity contribution in [2.45, 2.75) is 19.3 Å². The Morgan fingerprint density at radius 1 is 1.29 bits per heavy atom. The Hall–Kier alpha value is -0.650. The zero-order valence-electron chi connectivity index (χ0n) is 10.9. The average molecular weight is 244 g/mol. The summed E-state index contributed by atoms with van der Waals surface area (Å²) in [5.41, 5.74) is -0.340. The fourth-order valence-electron chi connectivity index (χ4n) is 2.22. The van der Waals surface area contributed by atoms with Gasteiger partial charge in [-0.2, -0.15) is 0 Å². The molecule has 1 rings (SSSR count). The summed E-state index contributed by atoms with van der Waals surface area (Å²) in [5, 5.41) is 6.26. The first-order valence-electron chi connectivity index (χ1n) is 6.22. The van der Waals surface area contributed by atoms with Crippen LogP contribution in [0.3, 0.4) is 0 Å². The van der Waals surface area contributed by atoms with Gasteiger partial charge in [-0.05, 0) is 32.4 Å². The van der Waals surface area contributed by atoms with Crippen LogP contribution in [0, 0.1) is 5.41 Å². The van der Waals surface area contributed by atoms with Crippen LogP contribution in [0.5, 0.6) is 0 Å². The molecule has 1 fully saturated rings. The van der Waals surface area contributed by atoms with Crippen molar-refractivity contribution in [3.05, 3.63) is 0 Å². The van der Waals surface area contributed by atoms with E-state index in [0.717, 1.165) is 32.4 Å². The largest absolute Gasteiger partial charge is 0.385 e. The minimum Gasteiger partial charge on any atom is -0.385 e. The molecule has 0 aromatic heterocycles. The van der Waals surface area contributed by atoms with Crippen LogP contribution in [0.2, 0.25) is 0 Å². The average Bonchev–Trinajstić information content (AvgIpc) is 2.36. The van der Waals surface area contributed by atoms with Crippen molar-refractivity contribution >= 4 is 5.91 Å². The molecule has 5 nitrogen and oxygen atoms in total. The molecule has 1 heterocycles. The van der Waals surface area contributed by atoms with Gasteiger partial charge >= 0.3 is 0 Å². The zero-order valence-corrected chi connectivity index (χ0v) is 10.9. The number of piperidine rings is 1. The molecule has 0 spiro atoms. The maximum atomic E-state index is 12.2. The molecule has 1 amide bonds. The van der Waals surface area contributed by atoms with Crippen molar-refractivity contribution in [2.75, 3.05) is 47.1 Å². The first-order valence-corrected chi connectivity index (χ1v) is 6.22. The maximum absolute atomic E-state index is 12.2. The topological polar surface area (TPSA) is 59.6 Å². The molecule has 100 valence electrons. The molecule has 0 aromatic rings. The predicted molar refractivity (Wildman–Crippen MR) is 65.9 cm³/mol. The molecule has 0 unspecified atom stereocenters. The number of methoxy groups -OCH3 is 2. The molecule has 1 aliphatic heterocycles. The van der Waals surface area contributed by atoms with Gasteiger partial charge < -0.3 is 20.1 Å².